The Hall–Kier alpha value is -1.66. The second-order valence-corrected chi connectivity index (χ2v) is 5.12. The van der Waals surface area contributed by atoms with E-state index in [0.29, 0.717) is 13.2 Å². The van der Waals surface area contributed by atoms with E-state index in [0.717, 1.165) is 33.6 Å². The van der Waals surface area contributed by atoms with Gasteiger partial charge >= 0.3 is 0 Å². The lowest BCUT2D eigenvalue weighted by Gasteiger charge is -2.11. The van der Waals surface area contributed by atoms with E-state index < -0.39 is 0 Å². The third-order valence-corrected chi connectivity index (χ3v) is 3.56. The Bertz CT molecular complexity index is 557. The Balaban J connectivity index is 2.28. The molecule has 0 fully saturated rings. The first-order valence-corrected chi connectivity index (χ1v) is 7.47. The molecule has 1 aromatic heterocycles. The molecule has 0 aliphatic rings. The second-order valence-electron chi connectivity index (χ2n) is 4.06. The summed E-state index contributed by atoms with van der Waals surface area (Å²) in [5, 5.41) is 13.3. The molecule has 1 aromatic carbocycles. The summed E-state index contributed by atoms with van der Waals surface area (Å²) in [5.74, 6) is 1.51. The molecular formula is C14H19N3O2S. The van der Waals surface area contributed by atoms with Gasteiger partial charge in [0.2, 0.25) is 0 Å². The Labute approximate surface area is 123 Å². The Kier molecular flexibility index (Phi) is 5.31. The lowest BCUT2D eigenvalue weighted by atomic mass is 10.2. The maximum atomic E-state index is 5.63. The third kappa shape index (κ3) is 3.46. The molecule has 1 N–H and O–H groups in total. The van der Waals surface area contributed by atoms with Crippen molar-refractivity contribution in [3.8, 4) is 22.1 Å². The van der Waals surface area contributed by atoms with Crippen molar-refractivity contribution in [2.75, 3.05) is 20.3 Å². The van der Waals surface area contributed by atoms with Crippen LogP contribution in [0.15, 0.2) is 18.2 Å². The van der Waals surface area contributed by atoms with Crippen LogP contribution in [0.4, 0.5) is 0 Å². The van der Waals surface area contributed by atoms with Crippen molar-refractivity contribution in [2.24, 2.45) is 0 Å². The Morgan fingerprint density at radius 1 is 1.10 bits per heavy atom. The van der Waals surface area contributed by atoms with Gasteiger partial charge in [-0.05, 0) is 39.1 Å². The van der Waals surface area contributed by atoms with E-state index in [1.54, 1.807) is 11.3 Å². The van der Waals surface area contributed by atoms with E-state index in [2.05, 4.69) is 15.5 Å². The number of aromatic nitrogens is 2. The van der Waals surface area contributed by atoms with Crippen molar-refractivity contribution < 1.29 is 9.47 Å². The number of hydrogen-bond acceptors (Lipinski definition) is 6. The average Bonchev–Trinajstić information content (AvgIpc) is 2.90. The van der Waals surface area contributed by atoms with Crippen LogP contribution in [0, 0.1) is 0 Å². The standard InChI is InChI=1S/C14H19N3O2S/c1-4-18-11-7-6-10(8-12(11)19-5-2)14-17-16-13(20-14)9-15-3/h6-8,15H,4-5,9H2,1-3H3. The SMILES string of the molecule is CCOc1ccc(-c2nnc(CNC)s2)cc1OCC. The van der Waals surface area contributed by atoms with Gasteiger partial charge in [0.15, 0.2) is 11.5 Å². The second kappa shape index (κ2) is 7.21. The van der Waals surface area contributed by atoms with Gasteiger partial charge < -0.3 is 14.8 Å². The highest BCUT2D eigenvalue weighted by atomic mass is 32.1. The quantitative estimate of drug-likeness (QED) is 0.850. The van der Waals surface area contributed by atoms with Gasteiger partial charge in [-0.1, -0.05) is 11.3 Å². The summed E-state index contributed by atoms with van der Waals surface area (Å²) in [7, 11) is 1.89. The monoisotopic (exact) mass is 293 g/mol. The Morgan fingerprint density at radius 3 is 2.55 bits per heavy atom. The fraction of sp³-hybridized carbons (Fsp3) is 0.429. The summed E-state index contributed by atoms with van der Waals surface area (Å²) >= 11 is 1.58. The van der Waals surface area contributed by atoms with E-state index in [-0.39, 0.29) is 0 Å². The summed E-state index contributed by atoms with van der Waals surface area (Å²) in [6.45, 7) is 5.86. The van der Waals surface area contributed by atoms with Crippen LogP contribution in [0.1, 0.15) is 18.9 Å². The Morgan fingerprint density at radius 2 is 1.85 bits per heavy atom. The molecule has 1 heterocycles. The van der Waals surface area contributed by atoms with E-state index in [9.17, 15) is 0 Å². The summed E-state index contributed by atoms with van der Waals surface area (Å²) in [4.78, 5) is 0. The number of nitrogens with zero attached hydrogens (tertiary/aromatic N) is 2. The van der Waals surface area contributed by atoms with Crippen LogP contribution in [0.2, 0.25) is 0 Å². The molecule has 108 valence electrons. The summed E-state index contributed by atoms with van der Waals surface area (Å²) in [6.07, 6.45) is 0. The van der Waals surface area contributed by atoms with E-state index in [4.69, 9.17) is 9.47 Å². The number of nitrogens with one attached hydrogen (secondary N) is 1. The van der Waals surface area contributed by atoms with Gasteiger partial charge in [0, 0.05) is 12.1 Å². The lowest BCUT2D eigenvalue weighted by Crippen LogP contribution is -2.04. The average molecular weight is 293 g/mol. The van der Waals surface area contributed by atoms with Crippen LogP contribution in [-0.2, 0) is 6.54 Å². The van der Waals surface area contributed by atoms with Crippen molar-refractivity contribution >= 4 is 11.3 Å². The van der Waals surface area contributed by atoms with Crippen LogP contribution in [0.3, 0.4) is 0 Å². The first-order valence-electron chi connectivity index (χ1n) is 6.65. The molecule has 6 heteroatoms. The van der Waals surface area contributed by atoms with Gasteiger partial charge in [-0.3, -0.25) is 0 Å². The van der Waals surface area contributed by atoms with E-state index in [1.807, 2.05) is 39.1 Å². The molecule has 0 atom stereocenters. The van der Waals surface area contributed by atoms with Gasteiger partial charge in [-0.2, -0.15) is 0 Å². The van der Waals surface area contributed by atoms with Crippen LogP contribution in [0.25, 0.3) is 10.6 Å². The molecule has 0 bridgehead atoms. The minimum Gasteiger partial charge on any atom is -0.490 e. The predicted molar refractivity (Wildman–Crippen MR) is 80.4 cm³/mol. The molecule has 0 radical (unpaired) electrons. The summed E-state index contributed by atoms with van der Waals surface area (Å²) in [6, 6.07) is 5.86. The molecular weight excluding hydrogens is 274 g/mol. The number of hydrogen-bond donors (Lipinski definition) is 1. The minimum absolute atomic E-state index is 0.602. The van der Waals surface area contributed by atoms with Crippen LogP contribution in [-0.4, -0.2) is 30.5 Å². The highest BCUT2D eigenvalue weighted by molar-refractivity contribution is 7.14. The van der Waals surface area contributed by atoms with Crippen LogP contribution < -0.4 is 14.8 Å². The molecule has 0 unspecified atom stereocenters. The fourth-order valence-corrected chi connectivity index (χ4v) is 2.62. The molecule has 0 saturated heterocycles. The largest absolute Gasteiger partial charge is 0.490 e. The van der Waals surface area contributed by atoms with E-state index in [1.165, 1.54) is 0 Å². The molecule has 0 aliphatic heterocycles. The first kappa shape index (κ1) is 14.7. The van der Waals surface area contributed by atoms with Crippen LogP contribution in [0.5, 0.6) is 11.5 Å². The van der Waals surface area contributed by atoms with Crippen molar-refractivity contribution in [1.82, 2.24) is 15.5 Å². The van der Waals surface area contributed by atoms with Crippen molar-refractivity contribution in [3.63, 3.8) is 0 Å². The maximum Gasteiger partial charge on any atom is 0.161 e. The summed E-state index contributed by atoms with van der Waals surface area (Å²) < 4.78 is 11.2. The zero-order valence-electron chi connectivity index (χ0n) is 12.0. The molecule has 5 nitrogen and oxygen atoms in total. The highest BCUT2D eigenvalue weighted by Crippen LogP contribution is 2.33. The van der Waals surface area contributed by atoms with Gasteiger partial charge in [0.1, 0.15) is 10.0 Å². The smallest absolute Gasteiger partial charge is 0.161 e. The molecule has 20 heavy (non-hydrogen) atoms. The normalized spacial score (nSPS) is 10.6. The van der Waals surface area contributed by atoms with Gasteiger partial charge in [-0.25, -0.2) is 0 Å². The molecule has 0 amide bonds. The molecule has 2 aromatic rings. The first-order chi connectivity index (χ1) is 9.78. The van der Waals surface area contributed by atoms with Gasteiger partial charge in [-0.15, -0.1) is 10.2 Å². The fourth-order valence-electron chi connectivity index (χ4n) is 1.78. The lowest BCUT2D eigenvalue weighted by molar-refractivity contribution is 0.288. The van der Waals surface area contributed by atoms with E-state index >= 15 is 0 Å². The van der Waals surface area contributed by atoms with Crippen molar-refractivity contribution in [1.29, 1.82) is 0 Å². The van der Waals surface area contributed by atoms with Crippen LogP contribution >= 0.6 is 11.3 Å². The predicted octanol–water partition coefficient (Wildman–Crippen LogP) is 2.72. The number of rotatable bonds is 7. The molecule has 0 saturated carbocycles. The minimum atomic E-state index is 0.602. The summed E-state index contributed by atoms with van der Waals surface area (Å²) in [5.41, 5.74) is 0.997. The number of benzene rings is 1. The zero-order valence-corrected chi connectivity index (χ0v) is 12.8. The van der Waals surface area contributed by atoms with Gasteiger partial charge in [0.05, 0.1) is 13.2 Å². The third-order valence-electron chi connectivity index (χ3n) is 2.59. The van der Waals surface area contributed by atoms with Crippen molar-refractivity contribution in [2.45, 2.75) is 20.4 Å². The molecule has 0 spiro atoms. The van der Waals surface area contributed by atoms with Crippen molar-refractivity contribution in [3.05, 3.63) is 23.2 Å². The molecule has 0 aliphatic carbocycles. The maximum absolute atomic E-state index is 5.63. The topological polar surface area (TPSA) is 56.3 Å². The molecule has 2 rings (SSSR count). The number of ether oxygens (including phenoxy) is 2. The van der Waals surface area contributed by atoms with Gasteiger partial charge in [0.25, 0.3) is 0 Å². The zero-order chi connectivity index (χ0) is 14.4. The highest BCUT2D eigenvalue weighted by Gasteiger charge is 2.11.